The van der Waals surface area contributed by atoms with Crippen LogP contribution in [0.15, 0.2) is 22.9 Å². The number of aliphatic hydroxyl groups excluding tert-OH is 2. The van der Waals surface area contributed by atoms with Crippen LogP contribution < -0.4 is 0 Å². The van der Waals surface area contributed by atoms with Crippen molar-refractivity contribution in [2.24, 2.45) is 17.8 Å². The summed E-state index contributed by atoms with van der Waals surface area (Å²) < 4.78 is 24.3. The van der Waals surface area contributed by atoms with Gasteiger partial charge in [0.25, 0.3) is 0 Å². The number of ether oxygens (including phenoxy) is 4. The molecule has 6 rings (SSSR count). The molecule has 5 saturated heterocycles. The maximum atomic E-state index is 12.2. The highest BCUT2D eigenvalue weighted by Gasteiger charge is 2.86. The molecule has 164 valence electrons. The van der Waals surface area contributed by atoms with Crippen molar-refractivity contribution in [2.45, 2.75) is 75.7 Å². The van der Waals surface area contributed by atoms with Gasteiger partial charge in [-0.15, -0.1) is 0 Å². The number of methoxy groups -OCH3 is 1. The Balaban J connectivity index is 1.48. The molecule has 0 aliphatic carbocycles. The number of carbonyl (C=O) groups is 1. The molecule has 6 heterocycles. The van der Waals surface area contributed by atoms with Crippen molar-refractivity contribution in [3.8, 4) is 0 Å². The van der Waals surface area contributed by atoms with Gasteiger partial charge in [-0.25, -0.2) is 4.79 Å². The third kappa shape index (κ3) is 1.79. The van der Waals surface area contributed by atoms with Gasteiger partial charge in [0.2, 0.25) is 11.5 Å². The predicted octanol–water partition coefficient (Wildman–Crippen LogP) is 1.03. The molecule has 30 heavy (non-hydrogen) atoms. The van der Waals surface area contributed by atoms with Crippen molar-refractivity contribution in [3.05, 3.63) is 22.9 Å². The first-order valence-electron chi connectivity index (χ1n) is 11.0. The van der Waals surface area contributed by atoms with Crippen LogP contribution in [0.1, 0.15) is 40.0 Å². The number of carbonyl (C=O) groups excluding carboxylic acids is 1. The minimum atomic E-state index is -0.887. The van der Waals surface area contributed by atoms with Gasteiger partial charge in [0, 0.05) is 17.9 Å². The molecule has 6 aliphatic heterocycles. The van der Waals surface area contributed by atoms with Gasteiger partial charge in [0.05, 0.1) is 36.3 Å². The average molecular weight is 419 g/mol. The molecule has 0 saturated carbocycles. The van der Waals surface area contributed by atoms with Gasteiger partial charge in [-0.05, 0) is 32.7 Å². The lowest BCUT2D eigenvalue weighted by molar-refractivity contribution is -0.257. The highest BCUT2D eigenvalue weighted by atomic mass is 16.7. The lowest BCUT2D eigenvalue weighted by Gasteiger charge is -2.50. The van der Waals surface area contributed by atoms with E-state index in [0.29, 0.717) is 29.3 Å². The Bertz CT molecular complexity index is 898. The number of nitrogens with zero attached hydrogens (tertiary/aromatic N) is 1. The summed E-state index contributed by atoms with van der Waals surface area (Å²) in [4.78, 5) is 14.6. The zero-order chi connectivity index (χ0) is 21.2. The maximum Gasteiger partial charge on any atom is 0.343 e. The summed E-state index contributed by atoms with van der Waals surface area (Å²) >= 11 is 0. The average Bonchev–Trinajstić information content (AvgIpc) is 3.45. The van der Waals surface area contributed by atoms with Crippen LogP contribution in [-0.4, -0.2) is 70.4 Å². The van der Waals surface area contributed by atoms with Gasteiger partial charge in [-0.2, -0.15) is 0 Å². The number of hydrogen-bond acceptors (Lipinski definition) is 8. The van der Waals surface area contributed by atoms with Gasteiger partial charge >= 0.3 is 5.97 Å². The zero-order valence-corrected chi connectivity index (χ0v) is 17.8. The molecule has 0 amide bonds. The van der Waals surface area contributed by atoms with Gasteiger partial charge < -0.3 is 29.2 Å². The second-order valence-electron chi connectivity index (χ2n) is 9.63. The molecular formula is C22H29NO7. The first kappa shape index (κ1) is 19.1. The minimum absolute atomic E-state index is 0.0257. The van der Waals surface area contributed by atoms with Crippen molar-refractivity contribution >= 4 is 5.97 Å². The van der Waals surface area contributed by atoms with E-state index in [4.69, 9.17) is 18.9 Å². The number of fused-ring (bicyclic) bond motifs is 1. The molecule has 1 spiro atoms. The summed E-state index contributed by atoms with van der Waals surface area (Å²) in [5.41, 5.74) is -0.181. The molecule has 6 aliphatic rings. The van der Waals surface area contributed by atoms with Gasteiger partial charge in [0.1, 0.15) is 11.9 Å². The first-order valence-corrected chi connectivity index (χ1v) is 11.0. The Morgan fingerprint density at radius 2 is 2.13 bits per heavy atom. The lowest BCUT2D eigenvalue weighted by Crippen LogP contribution is -2.67. The van der Waals surface area contributed by atoms with E-state index < -0.39 is 29.5 Å². The quantitative estimate of drug-likeness (QED) is 0.653. The molecule has 5 fully saturated rings. The molecule has 0 aromatic heterocycles. The SMILES string of the molecule is CC[C@H](O)[C@@H](O)C12C3CC4[C@H]5[C@H](C)/C(=C6\OC(=O)C(C)=C6OC)OC5(O3)C1CCN42. The molecule has 5 bridgehead atoms. The molecular weight excluding hydrogens is 390 g/mol. The lowest BCUT2D eigenvalue weighted by atomic mass is 9.68. The number of aliphatic hydroxyl groups is 2. The van der Waals surface area contributed by atoms with Crippen LogP contribution in [0, 0.1) is 17.8 Å². The highest BCUT2D eigenvalue weighted by molar-refractivity contribution is 5.93. The van der Waals surface area contributed by atoms with E-state index in [1.807, 2.05) is 6.92 Å². The molecule has 0 radical (unpaired) electrons. The summed E-state index contributed by atoms with van der Waals surface area (Å²) in [6.07, 6.45) is 0.284. The molecule has 6 unspecified atom stereocenters. The van der Waals surface area contributed by atoms with Crippen LogP contribution in [0.25, 0.3) is 0 Å². The number of rotatable bonds is 4. The number of allylic oxidation sites excluding steroid dienone is 1. The Morgan fingerprint density at radius 1 is 1.37 bits per heavy atom. The van der Waals surface area contributed by atoms with Crippen LogP contribution in [0.4, 0.5) is 0 Å². The van der Waals surface area contributed by atoms with Crippen molar-refractivity contribution in [2.75, 3.05) is 13.7 Å². The van der Waals surface area contributed by atoms with Crippen LogP contribution >= 0.6 is 0 Å². The summed E-state index contributed by atoms with van der Waals surface area (Å²) in [7, 11) is 1.52. The van der Waals surface area contributed by atoms with E-state index >= 15 is 0 Å². The summed E-state index contributed by atoms with van der Waals surface area (Å²) in [6.45, 7) is 6.54. The standard InChI is InChI=1S/C22H29NO7/c1-5-12(24)19(25)21-13-6-7-23(21)11-8-14(21)29-22(13)15(11)9(2)17(30-22)18-16(27-4)10(3)20(26)28-18/h9,11-15,19,24-25H,5-8H2,1-4H3/b18-17+/t9-,11?,12-,13?,14?,15+,19+,21?,22?/m0/s1. The maximum absolute atomic E-state index is 12.2. The zero-order valence-electron chi connectivity index (χ0n) is 17.8. The Kier molecular flexibility index (Phi) is 3.69. The number of esters is 1. The van der Waals surface area contributed by atoms with Crippen LogP contribution in [-0.2, 0) is 23.7 Å². The fraction of sp³-hybridized carbons (Fsp3) is 0.773. The number of cyclic esters (lactones) is 1. The van der Waals surface area contributed by atoms with E-state index in [2.05, 4.69) is 11.8 Å². The topological polar surface area (TPSA) is 97.7 Å². The van der Waals surface area contributed by atoms with Crippen molar-refractivity contribution < 1.29 is 34.0 Å². The van der Waals surface area contributed by atoms with Crippen molar-refractivity contribution in [1.29, 1.82) is 0 Å². The van der Waals surface area contributed by atoms with Crippen molar-refractivity contribution in [3.63, 3.8) is 0 Å². The monoisotopic (exact) mass is 419 g/mol. The summed E-state index contributed by atoms with van der Waals surface area (Å²) in [5, 5.41) is 21.8. The van der Waals surface area contributed by atoms with Crippen LogP contribution in [0.3, 0.4) is 0 Å². The fourth-order valence-corrected chi connectivity index (χ4v) is 7.69. The smallest absolute Gasteiger partial charge is 0.343 e. The molecule has 8 heteroatoms. The van der Waals surface area contributed by atoms with E-state index in [1.165, 1.54) is 7.11 Å². The molecule has 10 atom stereocenters. The number of hydrogen-bond donors (Lipinski definition) is 2. The predicted molar refractivity (Wildman–Crippen MR) is 102 cm³/mol. The van der Waals surface area contributed by atoms with Gasteiger partial charge in [0.15, 0.2) is 5.76 Å². The number of piperidine rings is 1. The summed E-state index contributed by atoms with van der Waals surface area (Å²) in [6, 6.07) is 0.197. The minimum Gasteiger partial charge on any atom is -0.492 e. The van der Waals surface area contributed by atoms with Crippen LogP contribution in [0.2, 0.25) is 0 Å². The molecule has 0 aromatic carbocycles. The highest BCUT2D eigenvalue weighted by Crippen LogP contribution is 2.73. The third-order valence-corrected chi connectivity index (χ3v) is 8.73. The fourth-order valence-electron chi connectivity index (χ4n) is 7.69. The Labute approximate surface area is 175 Å². The van der Waals surface area contributed by atoms with Gasteiger partial charge in [-0.3, -0.25) is 4.90 Å². The Hall–Kier alpha value is -1.61. The molecule has 8 nitrogen and oxygen atoms in total. The third-order valence-electron chi connectivity index (χ3n) is 8.73. The normalized spacial score (nSPS) is 52.0. The first-order chi connectivity index (χ1) is 14.3. The summed E-state index contributed by atoms with van der Waals surface area (Å²) in [5.74, 6) is 0.0837. The van der Waals surface area contributed by atoms with E-state index in [1.54, 1.807) is 6.92 Å². The van der Waals surface area contributed by atoms with E-state index in [9.17, 15) is 15.0 Å². The second-order valence-corrected chi connectivity index (χ2v) is 9.63. The molecule has 2 N–H and O–H groups in total. The van der Waals surface area contributed by atoms with Gasteiger partial charge in [-0.1, -0.05) is 13.8 Å². The van der Waals surface area contributed by atoms with E-state index in [0.717, 1.165) is 19.4 Å². The van der Waals surface area contributed by atoms with E-state index in [-0.39, 0.29) is 29.9 Å². The largest absolute Gasteiger partial charge is 0.492 e. The van der Waals surface area contributed by atoms with Crippen LogP contribution in [0.5, 0.6) is 0 Å². The van der Waals surface area contributed by atoms with Crippen molar-refractivity contribution in [1.82, 2.24) is 4.90 Å². The second kappa shape index (κ2) is 5.79. The Morgan fingerprint density at radius 3 is 2.83 bits per heavy atom. The molecule has 0 aromatic rings.